The number of nitrogens with one attached hydrogen (secondary N) is 1. The number of carbonyl (C=O) groups is 3. The Morgan fingerprint density at radius 1 is 0.833 bits per heavy atom. The Bertz CT molecular complexity index is 2600. The number of nitro benzene ring substituents is 2. The molecule has 1 heterocycles. The molecule has 0 fully saturated rings. The molecular formula is C42H36Cl2N4O11S. The number of amides is 2. The molecular weight excluding hydrogens is 839 g/mol. The molecule has 1 aliphatic rings. The molecule has 5 aromatic rings. The summed E-state index contributed by atoms with van der Waals surface area (Å²) in [6.07, 6.45) is -0.590. The van der Waals surface area contributed by atoms with Crippen LogP contribution in [0.25, 0.3) is 0 Å². The van der Waals surface area contributed by atoms with Crippen molar-refractivity contribution in [3.05, 3.63) is 162 Å². The van der Waals surface area contributed by atoms with Crippen molar-refractivity contribution in [2.75, 3.05) is 12.0 Å². The number of hydrogen-bond acceptors (Lipinski definition) is 11. The minimum Gasteiger partial charge on any atom is -0.497 e. The van der Waals surface area contributed by atoms with Crippen molar-refractivity contribution in [3.8, 4) is 11.5 Å². The maximum Gasteiger partial charge on any atom is 0.289 e. The molecule has 1 N–H and O–H groups in total. The van der Waals surface area contributed by atoms with Crippen molar-refractivity contribution >= 4 is 67.9 Å². The van der Waals surface area contributed by atoms with Crippen LogP contribution in [0.15, 0.2) is 114 Å². The van der Waals surface area contributed by atoms with E-state index in [-0.39, 0.29) is 36.1 Å². The van der Waals surface area contributed by atoms with Gasteiger partial charge in [0.1, 0.15) is 34.8 Å². The van der Waals surface area contributed by atoms with Crippen molar-refractivity contribution < 1.29 is 42.1 Å². The molecule has 0 bridgehead atoms. The minimum atomic E-state index is -4.76. The van der Waals surface area contributed by atoms with Crippen LogP contribution in [0.3, 0.4) is 0 Å². The number of halogens is 2. The van der Waals surface area contributed by atoms with Gasteiger partial charge in [0.15, 0.2) is 0 Å². The second-order valence-electron chi connectivity index (χ2n) is 14.4. The second-order valence-corrected chi connectivity index (χ2v) is 16.9. The van der Waals surface area contributed by atoms with E-state index in [0.717, 1.165) is 12.1 Å². The molecule has 18 heteroatoms. The summed E-state index contributed by atoms with van der Waals surface area (Å²) in [5, 5.41) is 22.6. The van der Waals surface area contributed by atoms with Gasteiger partial charge in [-0.25, -0.2) is 13.1 Å². The van der Waals surface area contributed by atoms with E-state index >= 15 is 0 Å². The van der Waals surface area contributed by atoms with Crippen LogP contribution in [0.4, 0.5) is 17.1 Å². The molecule has 1 aliphatic heterocycles. The van der Waals surface area contributed by atoms with Crippen molar-refractivity contribution in [2.24, 2.45) is 5.92 Å². The van der Waals surface area contributed by atoms with Crippen molar-refractivity contribution in [1.82, 2.24) is 4.72 Å². The lowest BCUT2D eigenvalue weighted by molar-refractivity contribution is -0.385. The van der Waals surface area contributed by atoms with Crippen LogP contribution in [0.5, 0.6) is 11.5 Å². The Morgan fingerprint density at radius 2 is 1.47 bits per heavy atom. The number of methoxy groups -OCH3 is 1. The number of rotatable bonds is 15. The fourth-order valence-electron chi connectivity index (χ4n) is 7.04. The first-order valence-corrected chi connectivity index (χ1v) is 20.4. The highest BCUT2D eigenvalue weighted by Gasteiger charge is 2.49. The summed E-state index contributed by atoms with van der Waals surface area (Å²) in [7, 11) is -3.29. The summed E-state index contributed by atoms with van der Waals surface area (Å²) in [5.41, 5.74) is 0.721. The fraction of sp³-hybridized carbons (Fsp3) is 0.214. The Kier molecular flexibility index (Phi) is 12.6. The summed E-state index contributed by atoms with van der Waals surface area (Å²) < 4.78 is 40.3. The summed E-state index contributed by atoms with van der Waals surface area (Å²) >= 11 is 12.0. The van der Waals surface area contributed by atoms with Gasteiger partial charge >= 0.3 is 0 Å². The van der Waals surface area contributed by atoms with Crippen molar-refractivity contribution in [2.45, 2.75) is 49.6 Å². The van der Waals surface area contributed by atoms with E-state index in [0.29, 0.717) is 50.5 Å². The molecule has 0 saturated heterocycles. The van der Waals surface area contributed by atoms with Gasteiger partial charge in [0.05, 0.1) is 21.9 Å². The lowest BCUT2D eigenvalue weighted by Crippen LogP contribution is -2.48. The Balaban J connectivity index is 1.31. The monoisotopic (exact) mass is 874 g/mol. The molecule has 2 atom stereocenters. The van der Waals surface area contributed by atoms with E-state index in [1.54, 1.807) is 97.6 Å². The Morgan fingerprint density at radius 3 is 2.08 bits per heavy atom. The van der Waals surface area contributed by atoms with E-state index in [9.17, 15) is 43.0 Å². The molecule has 310 valence electrons. The van der Waals surface area contributed by atoms with E-state index in [4.69, 9.17) is 32.7 Å². The number of fused-ring (bicyclic) bond motifs is 1. The number of carbonyl (C=O) groups excluding carboxylic acids is 3. The average Bonchev–Trinajstić information content (AvgIpc) is 3.43. The normalized spacial score (nSPS) is 14.8. The summed E-state index contributed by atoms with van der Waals surface area (Å²) in [5.74, 6) is -3.68. The molecule has 1 unspecified atom stereocenters. The van der Waals surface area contributed by atoms with Crippen LogP contribution in [-0.2, 0) is 32.6 Å². The number of hydrogen-bond donors (Lipinski definition) is 1. The number of benzene rings is 5. The lowest BCUT2D eigenvalue weighted by Gasteiger charge is -2.36. The van der Waals surface area contributed by atoms with Crippen LogP contribution in [0.2, 0.25) is 10.0 Å². The lowest BCUT2D eigenvalue weighted by atomic mass is 9.78. The van der Waals surface area contributed by atoms with Gasteiger partial charge in [-0.2, -0.15) is 0 Å². The molecule has 6 rings (SSSR count). The number of non-ortho nitro benzene ring substituents is 1. The maximum atomic E-state index is 14.6. The highest BCUT2D eigenvalue weighted by Crippen LogP contribution is 2.51. The highest BCUT2D eigenvalue weighted by molar-refractivity contribution is 7.90. The van der Waals surface area contributed by atoms with Crippen molar-refractivity contribution in [1.29, 1.82) is 0 Å². The van der Waals surface area contributed by atoms with Crippen LogP contribution < -0.4 is 19.1 Å². The first kappa shape index (κ1) is 43.2. The van der Waals surface area contributed by atoms with E-state index < -0.39 is 59.5 Å². The molecule has 2 amide bonds. The molecule has 60 heavy (non-hydrogen) atoms. The van der Waals surface area contributed by atoms with Crippen LogP contribution in [0.1, 0.15) is 53.2 Å². The fourth-order valence-corrected chi connectivity index (χ4v) is 8.39. The van der Waals surface area contributed by atoms with Crippen LogP contribution in [0, 0.1) is 26.1 Å². The number of Topliss-reactive ketones (excluding diaryl/α,β-unsaturated/α-hetero) is 1. The van der Waals surface area contributed by atoms with Gasteiger partial charge in [-0.15, -0.1) is 0 Å². The molecule has 15 nitrogen and oxygen atoms in total. The first-order valence-electron chi connectivity index (χ1n) is 18.2. The molecule has 0 radical (unpaired) electrons. The van der Waals surface area contributed by atoms with Gasteiger partial charge in [0, 0.05) is 52.4 Å². The predicted octanol–water partition coefficient (Wildman–Crippen LogP) is 8.24. The van der Waals surface area contributed by atoms with Gasteiger partial charge in [-0.3, -0.25) is 34.6 Å². The first-order chi connectivity index (χ1) is 28.4. The van der Waals surface area contributed by atoms with E-state index in [1.807, 2.05) is 4.72 Å². The number of ketones is 1. The standard InChI is InChI=1S/C42H36Cl2N4O11S/c1-42(2)35(33-21-31(58-3)16-19-37(33)46(42)41(51)27-8-10-28(43)11-9-27)23-39(49)34(40(50)45-60(56,57)32-17-18-36(44)38(22-32)48(54)55)20-25-6-14-30(15-7-25)59-24-26-4-12-29(13-5-26)47(52)53/h4-19,21-22,34-35H,20,23-24H2,1-3H3,(H,45,50)/t34-,35?/m0/s1. The third-order valence-electron chi connectivity index (χ3n) is 10.3. The van der Waals surface area contributed by atoms with Gasteiger partial charge in [-0.05, 0) is 116 Å². The molecule has 0 spiro atoms. The zero-order valence-corrected chi connectivity index (χ0v) is 34.5. The molecule has 0 saturated carbocycles. The SMILES string of the molecule is COc1ccc2c(c1)C(CC(=O)[C@H](Cc1ccc(OCc3ccc([N+](=O)[O-])cc3)cc1)C(=O)NS(=O)(=O)c1ccc(Cl)c([N+](=O)[O-])c1)C(C)(C)N2C(=O)c1ccc(Cl)cc1. The zero-order valence-electron chi connectivity index (χ0n) is 32.2. The number of nitro groups is 2. The second kappa shape index (κ2) is 17.5. The quantitative estimate of drug-likeness (QED) is 0.0602. The Hall–Kier alpha value is -6.36. The van der Waals surface area contributed by atoms with Gasteiger partial charge in [0.25, 0.3) is 27.3 Å². The Labute approximate surface area is 354 Å². The van der Waals surface area contributed by atoms with E-state index in [1.165, 1.54) is 19.2 Å². The number of nitrogens with zero attached hydrogens (tertiary/aromatic N) is 3. The third kappa shape index (κ3) is 9.25. The summed E-state index contributed by atoms with van der Waals surface area (Å²) in [4.78, 5) is 64.9. The predicted molar refractivity (Wildman–Crippen MR) is 222 cm³/mol. The average molecular weight is 876 g/mol. The van der Waals surface area contributed by atoms with Crippen LogP contribution in [-0.4, -0.2) is 48.5 Å². The number of sulfonamides is 1. The van der Waals surface area contributed by atoms with Gasteiger partial charge < -0.3 is 14.4 Å². The minimum absolute atomic E-state index is 0.0669. The smallest absolute Gasteiger partial charge is 0.289 e. The van der Waals surface area contributed by atoms with Gasteiger partial charge in [0.2, 0.25) is 5.91 Å². The molecule has 0 aromatic heterocycles. The molecule has 0 aliphatic carbocycles. The number of ether oxygens (including phenoxy) is 2. The largest absolute Gasteiger partial charge is 0.497 e. The summed E-state index contributed by atoms with van der Waals surface area (Å²) in [6, 6.07) is 26.4. The summed E-state index contributed by atoms with van der Waals surface area (Å²) in [6.45, 7) is 3.66. The zero-order chi connectivity index (χ0) is 43.5. The van der Waals surface area contributed by atoms with Gasteiger partial charge in [-0.1, -0.05) is 35.3 Å². The van der Waals surface area contributed by atoms with E-state index in [2.05, 4.69) is 0 Å². The van der Waals surface area contributed by atoms with Crippen LogP contribution >= 0.6 is 23.2 Å². The molecule has 5 aromatic carbocycles. The van der Waals surface area contributed by atoms with Crippen molar-refractivity contribution in [3.63, 3.8) is 0 Å². The number of anilines is 1. The maximum absolute atomic E-state index is 14.6. The topological polar surface area (TPSA) is 205 Å². The highest BCUT2D eigenvalue weighted by atomic mass is 35.5. The third-order valence-corrected chi connectivity index (χ3v) is 12.2.